The van der Waals surface area contributed by atoms with Crippen LogP contribution < -0.4 is 10.1 Å². The van der Waals surface area contributed by atoms with Gasteiger partial charge in [0.1, 0.15) is 5.75 Å². The van der Waals surface area contributed by atoms with E-state index in [0.29, 0.717) is 23.7 Å². The molecule has 3 nitrogen and oxygen atoms in total. The number of hydrogen-bond acceptors (Lipinski definition) is 2. The summed E-state index contributed by atoms with van der Waals surface area (Å²) >= 11 is 6.01. The SMILES string of the molecule is CC[C@H](Oc1ccc(Cl)c(C)c1)C(=O)NCc1cccc(C)c1. The van der Waals surface area contributed by atoms with Gasteiger partial charge in [-0.15, -0.1) is 0 Å². The first-order valence-electron chi connectivity index (χ1n) is 7.75. The molecule has 0 spiro atoms. The van der Waals surface area contributed by atoms with Crippen molar-refractivity contribution in [3.05, 3.63) is 64.2 Å². The van der Waals surface area contributed by atoms with Gasteiger partial charge in [-0.2, -0.15) is 0 Å². The van der Waals surface area contributed by atoms with E-state index in [9.17, 15) is 4.79 Å². The fourth-order valence-electron chi connectivity index (χ4n) is 2.30. The number of amides is 1. The topological polar surface area (TPSA) is 38.3 Å². The van der Waals surface area contributed by atoms with Crippen LogP contribution in [0.5, 0.6) is 5.75 Å². The molecule has 23 heavy (non-hydrogen) atoms. The molecule has 0 fully saturated rings. The summed E-state index contributed by atoms with van der Waals surface area (Å²) in [5.74, 6) is 0.547. The molecule has 1 N–H and O–H groups in total. The Hall–Kier alpha value is -2.00. The van der Waals surface area contributed by atoms with E-state index in [1.165, 1.54) is 5.56 Å². The molecular formula is C19H22ClNO2. The highest BCUT2D eigenvalue weighted by Crippen LogP contribution is 2.22. The minimum absolute atomic E-state index is 0.110. The van der Waals surface area contributed by atoms with E-state index < -0.39 is 6.10 Å². The van der Waals surface area contributed by atoms with Crippen molar-refractivity contribution in [2.45, 2.75) is 39.8 Å². The maximum absolute atomic E-state index is 12.3. The smallest absolute Gasteiger partial charge is 0.261 e. The average molecular weight is 332 g/mol. The zero-order chi connectivity index (χ0) is 16.8. The van der Waals surface area contributed by atoms with Crippen molar-refractivity contribution in [1.29, 1.82) is 0 Å². The summed E-state index contributed by atoms with van der Waals surface area (Å²) < 4.78 is 5.80. The highest BCUT2D eigenvalue weighted by molar-refractivity contribution is 6.31. The third-order valence-electron chi connectivity index (χ3n) is 3.62. The molecule has 0 aliphatic heterocycles. The quantitative estimate of drug-likeness (QED) is 0.850. The van der Waals surface area contributed by atoms with Crippen LogP contribution in [0.15, 0.2) is 42.5 Å². The van der Waals surface area contributed by atoms with Crippen LogP contribution in [-0.4, -0.2) is 12.0 Å². The maximum atomic E-state index is 12.3. The minimum atomic E-state index is -0.514. The minimum Gasteiger partial charge on any atom is -0.481 e. The number of ether oxygens (including phenoxy) is 1. The molecule has 0 aliphatic carbocycles. The Balaban J connectivity index is 1.96. The summed E-state index contributed by atoms with van der Waals surface area (Å²) in [6, 6.07) is 13.5. The summed E-state index contributed by atoms with van der Waals surface area (Å²) in [5, 5.41) is 3.62. The van der Waals surface area contributed by atoms with E-state index in [2.05, 4.69) is 11.4 Å². The number of aryl methyl sites for hydroxylation is 2. The Morgan fingerprint density at radius 2 is 2.00 bits per heavy atom. The second-order valence-electron chi connectivity index (χ2n) is 5.63. The van der Waals surface area contributed by atoms with Crippen molar-refractivity contribution in [2.75, 3.05) is 0 Å². The molecule has 0 heterocycles. The molecule has 4 heteroatoms. The second-order valence-corrected chi connectivity index (χ2v) is 6.04. The summed E-state index contributed by atoms with van der Waals surface area (Å²) in [7, 11) is 0. The third-order valence-corrected chi connectivity index (χ3v) is 4.04. The first-order chi connectivity index (χ1) is 11.0. The summed E-state index contributed by atoms with van der Waals surface area (Å²) in [4.78, 5) is 12.3. The van der Waals surface area contributed by atoms with Gasteiger partial charge in [0.05, 0.1) is 0 Å². The molecule has 2 rings (SSSR count). The number of hydrogen-bond donors (Lipinski definition) is 1. The van der Waals surface area contributed by atoms with Crippen LogP contribution in [0, 0.1) is 13.8 Å². The highest BCUT2D eigenvalue weighted by Gasteiger charge is 2.18. The van der Waals surface area contributed by atoms with Crippen LogP contribution in [0.25, 0.3) is 0 Å². The first-order valence-corrected chi connectivity index (χ1v) is 8.13. The van der Waals surface area contributed by atoms with Gasteiger partial charge >= 0.3 is 0 Å². The average Bonchev–Trinajstić information content (AvgIpc) is 2.53. The predicted octanol–water partition coefficient (Wildman–Crippen LogP) is 4.43. The first kappa shape index (κ1) is 17.4. The van der Waals surface area contributed by atoms with Crippen molar-refractivity contribution >= 4 is 17.5 Å². The third kappa shape index (κ3) is 5.00. The number of carbonyl (C=O) groups is 1. The van der Waals surface area contributed by atoms with E-state index in [-0.39, 0.29) is 5.91 Å². The molecular weight excluding hydrogens is 310 g/mol. The summed E-state index contributed by atoms with van der Waals surface area (Å²) in [5.41, 5.74) is 3.19. The number of benzene rings is 2. The molecule has 0 radical (unpaired) electrons. The van der Waals surface area contributed by atoms with Gasteiger partial charge < -0.3 is 10.1 Å². The van der Waals surface area contributed by atoms with Gasteiger partial charge in [-0.3, -0.25) is 4.79 Å². The Morgan fingerprint density at radius 1 is 1.22 bits per heavy atom. The van der Waals surface area contributed by atoms with Gasteiger partial charge in [0.2, 0.25) is 0 Å². The van der Waals surface area contributed by atoms with E-state index in [1.54, 1.807) is 12.1 Å². The van der Waals surface area contributed by atoms with Gasteiger partial charge in [0.25, 0.3) is 5.91 Å². The van der Waals surface area contributed by atoms with Crippen LogP contribution in [0.1, 0.15) is 30.0 Å². The fourth-order valence-corrected chi connectivity index (χ4v) is 2.42. The number of nitrogens with one attached hydrogen (secondary N) is 1. The van der Waals surface area contributed by atoms with E-state index in [0.717, 1.165) is 11.1 Å². The normalized spacial score (nSPS) is 11.8. The van der Waals surface area contributed by atoms with Crippen molar-refractivity contribution < 1.29 is 9.53 Å². The Bertz CT molecular complexity index is 685. The van der Waals surface area contributed by atoms with Crippen LogP contribution >= 0.6 is 11.6 Å². The lowest BCUT2D eigenvalue weighted by molar-refractivity contribution is -0.128. The highest BCUT2D eigenvalue weighted by atomic mass is 35.5. The predicted molar refractivity (Wildman–Crippen MR) is 93.9 cm³/mol. The number of halogens is 1. The molecule has 1 atom stereocenters. The van der Waals surface area contributed by atoms with Gasteiger partial charge in [0, 0.05) is 11.6 Å². The second kappa shape index (κ2) is 8.02. The van der Waals surface area contributed by atoms with Crippen molar-refractivity contribution in [1.82, 2.24) is 5.32 Å². The van der Waals surface area contributed by atoms with Crippen LogP contribution in [0.4, 0.5) is 0 Å². The molecule has 0 bridgehead atoms. The largest absolute Gasteiger partial charge is 0.481 e. The van der Waals surface area contributed by atoms with Crippen LogP contribution in [0.2, 0.25) is 5.02 Å². The number of rotatable bonds is 6. The van der Waals surface area contributed by atoms with Gasteiger partial charge in [-0.1, -0.05) is 48.4 Å². The Labute approximate surface area is 142 Å². The molecule has 0 aromatic heterocycles. The van der Waals surface area contributed by atoms with Crippen LogP contribution in [0.3, 0.4) is 0 Å². The lowest BCUT2D eigenvalue weighted by Crippen LogP contribution is -2.37. The molecule has 0 saturated heterocycles. The summed E-state index contributed by atoms with van der Waals surface area (Å²) in [6.45, 7) is 6.37. The zero-order valence-corrected chi connectivity index (χ0v) is 14.5. The monoisotopic (exact) mass is 331 g/mol. The van der Waals surface area contributed by atoms with Gasteiger partial charge in [-0.05, 0) is 49.6 Å². The van der Waals surface area contributed by atoms with E-state index in [1.807, 2.05) is 45.0 Å². The molecule has 2 aromatic rings. The fraction of sp³-hybridized carbons (Fsp3) is 0.316. The maximum Gasteiger partial charge on any atom is 0.261 e. The zero-order valence-electron chi connectivity index (χ0n) is 13.7. The van der Waals surface area contributed by atoms with Crippen molar-refractivity contribution in [3.63, 3.8) is 0 Å². The molecule has 122 valence electrons. The molecule has 0 unspecified atom stereocenters. The van der Waals surface area contributed by atoms with E-state index in [4.69, 9.17) is 16.3 Å². The summed E-state index contributed by atoms with van der Waals surface area (Å²) in [6.07, 6.45) is 0.0850. The Morgan fingerprint density at radius 3 is 2.65 bits per heavy atom. The lowest BCUT2D eigenvalue weighted by atomic mass is 10.1. The molecule has 2 aromatic carbocycles. The Kier molecular flexibility index (Phi) is 6.05. The number of carbonyl (C=O) groups excluding carboxylic acids is 1. The van der Waals surface area contributed by atoms with Gasteiger partial charge in [-0.25, -0.2) is 0 Å². The van der Waals surface area contributed by atoms with Crippen LogP contribution in [-0.2, 0) is 11.3 Å². The molecule has 1 amide bonds. The van der Waals surface area contributed by atoms with Crippen molar-refractivity contribution in [2.24, 2.45) is 0 Å². The lowest BCUT2D eigenvalue weighted by Gasteiger charge is -2.18. The van der Waals surface area contributed by atoms with Crippen molar-refractivity contribution in [3.8, 4) is 5.75 Å². The van der Waals surface area contributed by atoms with Gasteiger partial charge in [0.15, 0.2) is 6.10 Å². The molecule has 0 saturated carbocycles. The van der Waals surface area contributed by atoms with E-state index >= 15 is 0 Å². The molecule has 0 aliphatic rings. The standard InChI is InChI=1S/C19H22ClNO2/c1-4-18(23-16-8-9-17(20)14(3)11-16)19(22)21-12-15-7-5-6-13(2)10-15/h5-11,18H,4,12H2,1-3H3,(H,21,22)/t18-/m0/s1.